The molecule has 2 nitrogen and oxygen atoms in total. The van der Waals surface area contributed by atoms with Gasteiger partial charge >= 0.3 is 0 Å². The molecule has 0 bridgehead atoms. The van der Waals surface area contributed by atoms with E-state index < -0.39 is 0 Å². The van der Waals surface area contributed by atoms with E-state index in [1.54, 1.807) is 0 Å². The van der Waals surface area contributed by atoms with Gasteiger partial charge in [0.15, 0.2) is 0 Å². The maximum atomic E-state index is 5.86. The summed E-state index contributed by atoms with van der Waals surface area (Å²) in [5.41, 5.74) is 12.7. The van der Waals surface area contributed by atoms with Crippen molar-refractivity contribution in [3.8, 4) is 11.1 Å². The topological polar surface area (TPSA) is 29.3 Å². The summed E-state index contributed by atoms with van der Waals surface area (Å²) >= 11 is 0. The molecule has 0 aromatic heterocycles. The number of fused-ring (bicyclic) bond motifs is 1. The van der Waals surface area contributed by atoms with E-state index in [-0.39, 0.29) is 6.04 Å². The lowest BCUT2D eigenvalue weighted by molar-refractivity contribution is 0.666. The highest BCUT2D eigenvalue weighted by Gasteiger charge is 2.15. The maximum Gasteiger partial charge on any atom is 0.0397 e. The number of rotatable bonds is 4. The quantitative estimate of drug-likeness (QED) is 0.926. The molecule has 2 heteroatoms. The lowest BCUT2D eigenvalue weighted by Gasteiger charge is -2.13. The summed E-state index contributed by atoms with van der Waals surface area (Å²) < 4.78 is 0. The zero-order chi connectivity index (χ0) is 14.8. The Morgan fingerprint density at radius 3 is 2.76 bits per heavy atom. The van der Waals surface area contributed by atoms with Crippen molar-refractivity contribution >= 4 is 5.69 Å². The van der Waals surface area contributed by atoms with Gasteiger partial charge in [0, 0.05) is 25.3 Å². The molecule has 0 fully saturated rings. The smallest absolute Gasteiger partial charge is 0.0397 e. The largest absolute Gasteiger partial charge is 0.374 e. The number of aryl methyl sites for hydroxylation is 1. The molecule has 2 aromatic carbocycles. The Morgan fingerprint density at radius 1 is 1.14 bits per heavy atom. The van der Waals surface area contributed by atoms with E-state index in [2.05, 4.69) is 61.3 Å². The fourth-order valence-corrected chi connectivity index (χ4v) is 3.05. The minimum Gasteiger partial charge on any atom is -0.374 e. The van der Waals surface area contributed by atoms with Crippen LogP contribution in [0.5, 0.6) is 0 Å². The van der Waals surface area contributed by atoms with Crippen molar-refractivity contribution in [2.45, 2.75) is 32.2 Å². The van der Waals surface area contributed by atoms with E-state index >= 15 is 0 Å². The van der Waals surface area contributed by atoms with Gasteiger partial charge in [0.2, 0.25) is 0 Å². The van der Waals surface area contributed by atoms with Crippen LogP contribution in [0.3, 0.4) is 0 Å². The second kappa shape index (κ2) is 5.90. The van der Waals surface area contributed by atoms with Crippen molar-refractivity contribution in [1.29, 1.82) is 0 Å². The Bertz CT molecular complexity index is 631. The summed E-state index contributed by atoms with van der Waals surface area (Å²) in [6, 6.07) is 16.0. The van der Waals surface area contributed by atoms with Crippen LogP contribution < -0.4 is 10.6 Å². The first-order chi connectivity index (χ1) is 10.1. The van der Waals surface area contributed by atoms with Crippen LogP contribution in [0, 0.1) is 0 Å². The molecule has 1 aliphatic rings. The second-order valence-electron chi connectivity index (χ2n) is 6.23. The van der Waals surface area contributed by atoms with Crippen LogP contribution >= 0.6 is 0 Å². The van der Waals surface area contributed by atoms with Gasteiger partial charge in [-0.05, 0) is 60.6 Å². The van der Waals surface area contributed by atoms with Crippen molar-refractivity contribution < 1.29 is 0 Å². The summed E-state index contributed by atoms with van der Waals surface area (Å²) in [5, 5.41) is 0. The van der Waals surface area contributed by atoms with Crippen LogP contribution in [0.15, 0.2) is 42.5 Å². The summed E-state index contributed by atoms with van der Waals surface area (Å²) in [7, 11) is 2.17. The SMILES string of the molecule is CC(N)CCc1cccc(-c2ccc3c(c2)CCN3C)c1. The van der Waals surface area contributed by atoms with Crippen molar-refractivity contribution in [2.24, 2.45) is 5.73 Å². The van der Waals surface area contributed by atoms with Gasteiger partial charge in [0.25, 0.3) is 0 Å². The van der Waals surface area contributed by atoms with Crippen LogP contribution in [0.25, 0.3) is 11.1 Å². The molecule has 0 spiro atoms. The number of nitrogens with two attached hydrogens (primary N) is 1. The zero-order valence-corrected chi connectivity index (χ0v) is 13.0. The lowest BCUT2D eigenvalue weighted by atomic mass is 9.98. The Kier molecular flexibility index (Phi) is 3.98. The minimum absolute atomic E-state index is 0.268. The molecular weight excluding hydrogens is 256 g/mol. The van der Waals surface area contributed by atoms with Crippen LogP contribution in [-0.4, -0.2) is 19.6 Å². The Balaban J connectivity index is 1.85. The van der Waals surface area contributed by atoms with E-state index in [4.69, 9.17) is 5.73 Å². The number of nitrogens with zero attached hydrogens (tertiary/aromatic N) is 1. The molecule has 0 saturated heterocycles. The Morgan fingerprint density at radius 2 is 1.95 bits per heavy atom. The van der Waals surface area contributed by atoms with Crippen LogP contribution in [0.1, 0.15) is 24.5 Å². The van der Waals surface area contributed by atoms with E-state index in [0.29, 0.717) is 0 Å². The summed E-state index contributed by atoms with van der Waals surface area (Å²) in [6.45, 7) is 3.20. The molecule has 2 aromatic rings. The van der Waals surface area contributed by atoms with Crippen molar-refractivity contribution in [3.63, 3.8) is 0 Å². The molecule has 0 radical (unpaired) electrons. The molecule has 1 unspecified atom stereocenters. The Labute approximate surface area is 127 Å². The van der Waals surface area contributed by atoms with Gasteiger partial charge in [0.05, 0.1) is 0 Å². The van der Waals surface area contributed by atoms with E-state index in [0.717, 1.165) is 25.8 Å². The molecule has 0 amide bonds. The molecule has 3 rings (SSSR count). The lowest BCUT2D eigenvalue weighted by Crippen LogP contribution is -2.15. The summed E-state index contributed by atoms with van der Waals surface area (Å²) in [6.07, 6.45) is 3.25. The molecule has 1 atom stereocenters. The fraction of sp³-hybridized carbons (Fsp3) is 0.368. The second-order valence-corrected chi connectivity index (χ2v) is 6.23. The molecule has 0 saturated carbocycles. The predicted molar refractivity (Wildman–Crippen MR) is 90.8 cm³/mol. The average Bonchev–Trinajstić information content (AvgIpc) is 2.86. The first-order valence-corrected chi connectivity index (χ1v) is 7.82. The monoisotopic (exact) mass is 280 g/mol. The Hall–Kier alpha value is -1.80. The molecule has 1 heterocycles. The van der Waals surface area contributed by atoms with Crippen LogP contribution in [0.4, 0.5) is 5.69 Å². The molecule has 110 valence electrons. The van der Waals surface area contributed by atoms with Gasteiger partial charge in [-0.25, -0.2) is 0 Å². The van der Waals surface area contributed by atoms with Crippen LogP contribution in [-0.2, 0) is 12.8 Å². The standard InChI is InChI=1S/C19H24N2/c1-14(20)6-7-15-4-3-5-16(12-15)17-8-9-19-18(13-17)10-11-21(19)2/h3-5,8-9,12-14H,6-7,10-11,20H2,1-2H3. The van der Waals surface area contributed by atoms with Gasteiger partial charge in [-0.15, -0.1) is 0 Å². The highest BCUT2D eigenvalue weighted by Crippen LogP contribution is 2.31. The van der Waals surface area contributed by atoms with Crippen molar-refractivity contribution in [3.05, 3.63) is 53.6 Å². The van der Waals surface area contributed by atoms with Crippen molar-refractivity contribution in [1.82, 2.24) is 0 Å². The highest BCUT2D eigenvalue weighted by atomic mass is 15.1. The molecule has 2 N–H and O–H groups in total. The minimum atomic E-state index is 0.268. The normalized spacial score (nSPS) is 15.1. The average molecular weight is 280 g/mol. The van der Waals surface area contributed by atoms with Gasteiger partial charge in [-0.2, -0.15) is 0 Å². The third-order valence-electron chi connectivity index (χ3n) is 4.36. The number of hydrogen-bond acceptors (Lipinski definition) is 2. The van der Waals surface area contributed by atoms with E-state index in [9.17, 15) is 0 Å². The molecule has 0 aliphatic carbocycles. The highest BCUT2D eigenvalue weighted by molar-refractivity contribution is 5.70. The number of likely N-dealkylation sites (N-methyl/N-ethyl adjacent to an activating group) is 1. The summed E-state index contributed by atoms with van der Waals surface area (Å²) in [4.78, 5) is 2.33. The molecule has 1 aliphatic heterocycles. The number of hydrogen-bond donors (Lipinski definition) is 1. The summed E-state index contributed by atoms with van der Waals surface area (Å²) in [5.74, 6) is 0. The van der Waals surface area contributed by atoms with Gasteiger partial charge in [-0.3, -0.25) is 0 Å². The zero-order valence-electron chi connectivity index (χ0n) is 13.0. The first-order valence-electron chi connectivity index (χ1n) is 7.82. The maximum absolute atomic E-state index is 5.86. The van der Waals surface area contributed by atoms with Gasteiger partial charge in [-0.1, -0.05) is 30.3 Å². The third kappa shape index (κ3) is 3.11. The van der Waals surface area contributed by atoms with Gasteiger partial charge in [0.1, 0.15) is 0 Å². The van der Waals surface area contributed by atoms with Gasteiger partial charge < -0.3 is 10.6 Å². The fourth-order valence-electron chi connectivity index (χ4n) is 3.05. The third-order valence-corrected chi connectivity index (χ3v) is 4.36. The number of benzene rings is 2. The predicted octanol–water partition coefficient (Wildman–Crippen LogP) is 3.63. The first kappa shape index (κ1) is 14.2. The molecular formula is C19H24N2. The number of anilines is 1. The van der Waals surface area contributed by atoms with Crippen molar-refractivity contribution in [2.75, 3.05) is 18.5 Å². The van der Waals surface area contributed by atoms with E-state index in [1.807, 2.05) is 0 Å². The van der Waals surface area contributed by atoms with E-state index in [1.165, 1.54) is 27.9 Å². The van der Waals surface area contributed by atoms with Crippen LogP contribution in [0.2, 0.25) is 0 Å². The molecule has 21 heavy (non-hydrogen) atoms.